The average molecular weight is 564 g/mol. The van der Waals surface area contributed by atoms with Crippen LogP contribution in [-0.2, 0) is 19.3 Å². The Morgan fingerprint density at radius 1 is 1.16 bits per heavy atom. The third kappa shape index (κ3) is 6.42. The summed E-state index contributed by atoms with van der Waals surface area (Å²) >= 11 is 0.967. The van der Waals surface area contributed by atoms with E-state index in [1.54, 1.807) is 0 Å². The first-order chi connectivity index (χ1) is 14.3. The largest absolute Gasteiger partial charge is 0.434 e. The Hall–Kier alpha value is -2.15. The molecule has 0 saturated carbocycles. The Morgan fingerprint density at radius 3 is 2.48 bits per heavy atom. The van der Waals surface area contributed by atoms with Gasteiger partial charge in [-0.15, -0.1) is 35.3 Å². The van der Waals surface area contributed by atoms with E-state index in [0.717, 1.165) is 39.4 Å². The third-order valence-corrected chi connectivity index (χ3v) is 5.28. The quantitative estimate of drug-likeness (QED) is 0.256. The molecule has 0 unspecified atom stereocenters. The Balaban J connectivity index is 0.00000341. The van der Waals surface area contributed by atoms with Gasteiger partial charge >= 0.3 is 6.18 Å². The number of aliphatic imine (C=N–C) groups is 1. The molecule has 0 aliphatic rings. The molecule has 2 heterocycles. The second-order valence-corrected chi connectivity index (χ2v) is 7.51. The molecule has 31 heavy (non-hydrogen) atoms. The van der Waals surface area contributed by atoms with Crippen molar-refractivity contribution < 1.29 is 13.2 Å². The number of thiazole rings is 1. The lowest BCUT2D eigenvalue weighted by molar-refractivity contribution is -0.140. The maximum atomic E-state index is 12.7. The molecule has 6 nitrogen and oxygen atoms in total. The number of aryl methyl sites for hydroxylation is 1. The Kier molecular flexibility index (Phi) is 8.86. The molecule has 1 aromatic carbocycles. The number of para-hydroxylation sites is 1. The van der Waals surface area contributed by atoms with Gasteiger partial charge in [0.1, 0.15) is 5.01 Å². The predicted molar refractivity (Wildman–Crippen MR) is 127 cm³/mol. The lowest BCUT2D eigenvalue weighted by Gasteiger charge is -2.10. The highest BCUT2D eigenvalue weighted by atomic mass is 127. The van der Waals surface area contributed by atoms with Crippen molar-refractivity contribution in [1.29, 1.82) is 0 Å². The highest BCUT2D eigenvalue weighted by Crippen LogP contribution is 2.29. The Labute approximate surface area is 200 Å². The monoisotopic (exact) mass is 564 g/mol. The van der Waals surface area contributed by atoms with E-state index in [1.807, 2.05) is 55.8 Å². The molecule has 0 aliphatic heterocycles. The SMILES string of the molecule is CCNC(=NCc1c(C)nn(-c2ccccc2)c1C)NCc1nc(C(F)(F)F)cs1.I. The molecule has 0 atom stereocenters. The number of aromatic nitrogens is 3. The van der Waals surface area contributed by atoms with Crippen LogP contribution in [0.2, 0.25) is 0 Å². The van der Waals surface area contributed by atoms with Crippen molar-refractivity contribution in [1.82, 2.24) is 25.4 Å². The van der Waals surface area contributed by atoms with Crippen LogP contribution in [0.3, 0.4) is 0 Å². The summed E-state index contributed by atoms with van der Waals surface area (Å²) in [5.41, 5.74) is 2.98. The highest BCUT2D eigenvalue weighted by Gasteiger charge is 2.33. The first-order valence-corrected chi connectivity index (χ1v) is 10.3. The van der Waals surface area contributed by atoms with Crippen LogP contribution in [-0.4, -0.2) is 27.3 Å². The van der Waals surface area contributed by atoms with Gasteiger partial charge in [-0.1, -0.05) is 18.2 Å². The van der Waals surface area contributed by atoms with Crippen LogP contribution in [0.15, 0.2) is 40.7 Å². The van der Waals surface area contributed by atoms with E-state index >= 15 is 0 Å². The topological polar surface area (TPSA) is 67.1 Å². The molecule has 168 valence electrons. The van der Waals surface area contributed by atoms with Crippen molar-refractivity contribution >= 4 is 41.3 Å². The van der Waals surface area contributed by atoms with Crippen molar-refractivity contribution in [3.05, 3.63) is 63.4 Å². The molecule has 0 radical (unpaired) electrons. The molecule has 0 bridgehead atoms. The normalized spacial score (nSPS) is 11.9. The number of halogens is 4. The summed E-state index contributed by atoms with van der Waals surface area (Å²) in [6.45, 7) is 7.03. The van der Waals surface area contributed by atoms with Gasteiger partial charge in [0.05, 0.1) is 24.5 Å². The highest BCUT2D eigenvalue weighted by molar-refractivity contribution is 14.0. The molecule has 2 N–H and O–H groups in total. The summed E-state index contributed by atoms with van der Waals surface area (Å²) in [5.74, 6) is 0.507. The van der Waals surface area contributed by atoms with Crippen molar-refractivity contribution in [2.24, 2.45) is 4.99 Å². The summed E-state index contributed by atoms with van der Waals surface area (Å²) < 4.78 is 40.0. The Bertz CT molecular complexity index is 1010. The second-order valence-electron chi connectivity index (χ2n) is 6.57. The van der Waals surface area contributed by atoms with Gasteiger partial charge in [-0.3, -0.25) is 0 Å². The molecule has 11 heteroatoms. The summed E-state index contributed by atoms with van der Waals surface area (Å²) in [6.07, 6.45) is -4.43. The van der Waals surface area contributed by atoms with Gasteiger partial charge in [0.25, 0.3) is 0 Å². The van der Waals surface area contributed by atoms with Crippen molar-refractivity contribution in [2.45, 2.75) is 40.0 Å². The number of nitrogens with one attached hydrogen (secondary N) is 2. The van der Waals surface area contributed by atoms with E-state index in [2.05, 4.69) is 25.7 Å². The molecule has 0 aliphatic carbocycles. The van der Waals surface area contributed by atoms with E-state index in [9.17, 15) is 13.2 Å². The smallest absolute Gasteiger partial charge is 0.357 e. The summed E-state index contributed by atoms with van der Waals surface area (Å²) in [7, 11) is 0. The lowest BCUT2D eigenvalue weighted by Crippen LogP contribution is -2.36. The minimum atomic E-state index is -4.43. The third-order valence-electron chi connectivity index (χ3n) is 4.43. The molecule has 0 spiro atoms. The summed E-state index contributed by atoms with van der Waals surface area (Å²) in [6, 6.07) is 9.84. The molecule has 0 amide bonds. The first-order valence-electron chi connectivity index (χ1n) is 9.44. The molecule has 0 fully saturated rings. The maximum absolute atomic E-state index is 12.7. The summed E-state index contributed by atoms with van der Waals surface area (Å²) in [5, 5.41) is 12.1. The fraction of sp³-hybridized carbons (Fsp3) is 0.350. The average Bonchev–Trinajstić information content (AvgIpc) is 3.30. The van der Waals surface area contributed by atoms with Gasteiger partial charge in [0, 0.05) is 23.2 Å². The molecular formula is C20H24F3IN6S. The first kappa shape index (κ1) is 25.1. The summed E-state index contributed by atoms with van der Waals surface area (Å²) in [4.78, 5) is 8.21. The fourth-order valence-corrected chi connectivity index (χ4v) is 3.65. The van der Waals surface area contributed by atoms with Gasteiger partial charge in [-0.2, -0.15) is 18.3 Å². The molecule has 3 rings (SSSR count). The molecular weight excluding hydrogens is 540 g/mol. The number of alkyl halides is 3. The zero-order valence-electron chi connectivity index (χ0n) is 17.3. The van der Waals surface area contributed by atoms with E-state index in [4.69, 9.17) is 0 Å². The number of hydrogen-bond acceptors (Lipinski definition) is 4. The lowest BCUT2D eigenvalue weighted by atomic mass is 10.2. The van der Waals surface area contributed by atoms with E-state index in [-0.39, 0.29) is 30.5 Å². The van der Waals surface area contributed by atoms with Gasteiger partial charge < -0.3 is 10.6 Å². The van der Waals surface area contributed by atoms with Gasteiger partial charge in [-0.25, -0.2) is 14.7 Å². The van der Waals surface area contributed by atoms with Crippen LogP contribution >= 0.6 is 35.3 Å². The fourth-order valence-electron chi connectivity index (χ4n) is 2.91. The van der Waals surface area contributed by atoms with Gasteiger partial charge in [0.2, 0.25) is 0 Å². The van der Waals surface area contributed by atoms with Gasteiger partial charge in [-0.05, 0) is 32.9 Å². The number of nitrogens with zero attached hydrogens (tertiary/aromatic N) is 4. The Morgan fingerprint density at radius 2 is 1.87 bits per heavy atom. The van der Waals surface area contributed by atoms with Crippen molar-refractivity contribution in [3.63, 3.8) is 0 Å². The van der Waals surface area contributed by atoms with Crippen LogP contribution in [0.4, 0.5) is 13.2 Å². The van der Waals surface area contributed by atoms with Gasteiger partial charge in [0.15, 0.2) is 11.7 Å². The molecule has 3 aromatic rings. The van der Waals surface area contributed by atoms with Crippen LogP contribution in [0.25, 0.3) is 5.69 Å². The minimum Gasteiger partial charge on any atom is -0.357 e. The zero-order chi connectivity index (χ0) is 21.7. The zero-order valence-corrected chi connectivity index (χ0v) is 20.5. The number of benzene rings is 1. The standard InChI is InChI=1S/C20H23F3N6S.HI/c1-4-24-19(26-11-18-27-17(12-30-18)20(21,22)23)25-10-16-13(2)28-29(14(16)3)15-8-6-5-7-9-15;/h5-9,12H,4,10-11H2,1-3H3,(H2,24,25,26);1H. The van der Waals surface area contributed by atoms with Crippen LogP contribution in [0.1, 0.15) is 34.6 Å². The number of rotatable bonds is 6. The van der Waals surface area contributed by atoms with Crippen molar-refractivity contribution in [2.75, 3.05) is 6.54 Å². The second kappa shape index (κ2) is 10.9. The van der Waals surface area contributed by atoms with Crippen LogP contribution < -0.4 is 10.6 Å². The van der Waals surface area contributed by atoms with Crippen LogP contribution in [0.5, 0.6) is 0 Å². The minimum absolute atomic E-state index is 0. The van der Waals surface area contributed by atoms with E-state index < -0.39 is 11.9 Å². The maximum Gasteiger partial charge on any atom is 0.434 e. The van der Waals surface area contributed by atoms with Crippen LogP contribution in [0, 0.1) is 13.8 Å². The number of guanidine groups is 1. The molecule has 0 saturated heterocycles. The predicted octanol–water partition coefficient (Wildman–Crippen LogP) is 4.84. The molecule has 2 aromatic heterocycles. The number of hydrogen-bond donors (Lipinski definition) is 2. The van der Waals surface area contributed by atoms with Crippen molar-refractivity contribution in [3.8, 4) is 5.69 Å². The van der Waals surface area contributed by atoms with E-state index in [0.29, 0.717) is 24.1 Å². The van der Waals surface area contributed by atoms with E-state index in [1.165, 1.54) is 0 Å².